The molecule has 0 saturated heterocycles. The Morgan fingerprint density at radius 3 is 2.85 bits per heavy atom. The van der Waals surface area contributed by atoms with Crippen LogP contribution in [0.3, 0.4) is 0 Å². The fraction of sp³-hybridized carbons (Fsp3) is 0.143. The molecule has 0 atom stereocenters. The quantitative estimate of drug-likeness (QED) is 0.528. The van der Waals surface area contributed by atoms with E-state index >= 15 is 0 Å². The normalized spacial score (nSPS) is 10.7. The maximum Gasteiger partial charge on any atom is 0.490 e. The lowest BCUT2D eigenvalue weighted by Gasteiger charge is -1.98. The topological polar surface area (TPSA) is 71.2 Å². The van der Waals surface area contributed by atoms with Gasteiger partial charge in [0.25, 0.3) is 0 Å². The zero-order valence-electron chi connectivity index (χ0n) is 7.05. The zero-order valence-corrected chi connectivity index (χ0v) is 7.05. The van der Waals surface area contributed by atoms with Crippen molar-refractivity contribution in [3.8, 4) is 0 Å². The van der Waals surface area contributed by atoms with Crippen LogP contribution in [-0.4, -0.2) is 31.9 Å². The van der Waals surface area contributed by atoms with Gasteiger partial charge in [-0.2, -0.15) is 5.10 Å². The number of hydrogen-bond donors (Lipinski definition) is 2. The highest BCUT2D eigenvalue weighted by Gasteiger charge is 2.12. The summed E-state index contributed by atoms with van der Waals surface area (Å²) in [5, 5.41) is 21.8. The zero-order chi connectivity index (χ0) is 9.42. The Morgan fingerprint density at radius 2 is 2.15 bits per heavy atom. The van der Waals surface area contributed by atoms with E-state index in [1.807, 2.05) is 0 Å². The molecule has 0 aliphatic heterocycles. The van der Waals surface area contributed by atoms with E-state index in [0.29, 0.717) is 5.46 Å². The van der Waals surface area contributed by atoms with Crippen LogP contribution in [0.5, 0.6) is 0 Å². The van der Waals surface area contributed by atoms with E-state index in [1.54, 1.807) is 24.0 Å². The second-order valence-corrected chi connectivity index (χ2v) is 2.81. The number of pyridine rings is 1. The summed E-state index contributed by atoms with van der Waals surface area (Å²) in [5.74, 6) is 0. The number of aromatic nitrogens is 3. The van der Waals surface area contributed by atoms with Crippen LogP contribution in [0.4, 0.5) is 0 Å². The molecule has 0 saturated carbocycles. The van der Waals surface area contributed by atoms with Crippen molar-refractivity contribution in [1.82, 2.24) is 14.8 Å². The molecule has 2 aromatic rings. The standard InChI is InChI=1S/C7H8BN3O2/c1-11-7-2-5(8(12)13)3-9-6(7)4-10-11/h2-4,12-13H,1H3. The Balaban J connectivity index is 2.66. The third-order valence-corrected chi connectivity index (χ3v) is 1.92. The Hall–Kier alpha value is -1.40. The van der Waals surface area contributed by atoms with Crippen molar-refractivity contribution >= 4 is 23.6 Å². The van der Waals surface area contributed by atoms with Crippen molar-refractivity contribution in [2.45, 2.75) is 0 Å². The molecule has 6 heteroatoms. The smallest absolute Gasteiger partial charge is 0.423 e. The lowest BCUT2D eigenvalue weighted by Crippen LogP contribution is -2.30. The summed E-state index contributed by atoms with van der Waals surface area (Å²) in [4.78, 5) is 4.02. The number of nitrogens with zero attached hydrogens (tertiary/aromatic N) is 3. The predicted molar refractivity (Wildman–Crippen MR) is 48.3 cm³/mol. The second-order valence-electron chi connectivity index (χ2n) is 2.81. The van der Waals surface area contributed by atoms with E-state index in [9.17, 15) is 0 Å². The van der Waals surface area contributed by atoms with Gasteiger partial charge in [0.2, 0.25) is 0 Å². The highest BCUT2D eigenvalue weighted by atomic mass is 16.4. The Kier molecular flexibility index (Phi) is 1.79. The lowest BCUT2D eigenvalue weighted by atomic mass is 9.81. The van der Waals surface area contributed by atoms with Gasteiger partial charge in [-0.15, -0.1) is 0 Å². The first-order valence-electron chi connectivity index (χ1n) is 3.82. The van der Waals surface area contributed by atoms with Gasteiger partial charge >= 0.3 is 7.12 Å². The predicted octanol–water partition coefficient (Wildman–Crippen LogP) is -1.35. The van der Waals surface area contributed by atoms with E-state index in [0.717, 1.165) is 11.0 Å². The molecule has 2 N–H and O–H groups in total. The second kappa shape index (κ2) is 2.83. The summed E-state index contributed by atoms with van der Waals surface area (Å²) in [6.45, 7) is 0. The Labute approximate surface area is 74.8 Å². The molecule has 5 nitrogen and oxygen atoms in total. The summed E-state index contributed by atoms with van der Waals surface area (Å²) in [6.07, 6.45) is 3.05. The maximum absolute atomic E-state index is 8.90. The largest absolute Gasteiger partial charge is 0.490 e. The molecule has 0 spiro atoms. The van der Waals surface area contributed by atoms with Crippen LogP contribution in [-0.2, 0) is 7.05 Å². The molecule has 2 rings (SSSR count). The fourth-order valence-electron chi connectivity index (χ4n) is 1.18. The number of fused-ring (bicyclic) bond motifs is 1. The van der Waals surface area contributed by atoms with Crippen LogP contribution >= 0.6 is 0 Å². The molecule has 0 aliphatic rings. The van der Waals surface area contributed by atoms with Crippen molar-refractivity contribution in [1.29, 1.82) is 0 Å². The molecule has 13 heavy (non-hydrogen) atoms. The summed E-state index contributed by atoms with van der Waals surface area (Å²) in [7, 11) is 0.296. The monoisotopic (exact) mass is 177 g/mol. The molecule has 0 aliphatic carbocycles. The van der Waals surface area contributed by atoms with Crippen LogP contribution in [0.1, 0.15) is 0 Å². The minimum atomic E-state index is -1.48. The van der Waals surface area contributed by atoms with Crippen LogP contribution in [0, 0.1) is 0 Å². The van der Waals surface area contributed by atoms with Crippen molar-refractivity contribution < 1.29 is 10.0 Å². The summed E-state index contributed by atoms with van der Waals surface area (Å²) < 4.78 is 1.63. The first-order chi connectivity index (χ1) is 6.18. The van der Waals surface area contributed by atoms with Crippen LogP contribution in [0.2, 0.25) is 0 Å². The molecule has 0 unspecified atom stereocenters. The van der Waals surface area contributed by atoms with Crippen molar-refractivity contribution in [3.63, 3.8) is 0 Å². The van der Waals surface area contributed by atoms with Crippen molar-refractivity contribution in [2.75, 3.05) is 0 Å². The highest BCUT2D eigenvalue weighted by molar-refractivity contribution is 6.58. The minimum Gasteiger partial charge on any atom is -0.423 e. The molecule has 0 amide bonds. The average molecular weight is 177 g/mol. The third-order valence-electron chi connectivity index (χ3n) is 1.92. The number of hydrogen-bond acceptors (Lipinski definition) is 4. The van der Waals surface area contributed by atoms with Crippen LogP contribution < -0.4 is 5.46 Å². The van der Waals surface area contributed by atoms with Gasteiger partial charge in [-0.05, 0) is 6.07 Å². The van der Waals surface area contributed by atoms with Gasteiger partial charge in [0.1, 0.15) is 5.52 Å². The highest BCUT2D eigenvalue weighted by Crippen LogP contribution is 2.06. The van der Waals surface area contributed by atoms with Gasteiger partial charge in [0.15, 0.2) is 0 Å². The Morgan fingerprint density at radius 1 is 1.38 bits per heavy atom. The van der Waals surface area contributed by atoms with Gasteiger partial charge in [-0.3, -0.25) is 9.67 Å². The molecule has 0 fully saturated rings. The van der Waals surface area contributed by atoms with Crippen LogP contribution in [0.25, 0.3) is 11.0 Å². The van der Waals surface area contributed by atoms with E-state index in [1.165, 1.54) is 6.20 Å². The van der Waals surface area contributed by atoms with Gasteiger partial charge in [-0.25, -0.2) is 0 Å². The summed E-state index contributed by atoms with van der Waals surface area (Å²) in [5.41, 5.74) is 1.90. The minimum absolute atomic E-state index is 0.371. The SMILES string of the molecule is Cn1ncc2ncc(B(O)O)cc21. The lowest BCUT2D eigenvalue weighted by molar-refractivity contribution is 0.425. The van der Waals surface area contributed by atoms with Gasteiger partial charge in [-0.1, -0.05) is 0 Å². The molecule has 0 aromatic carbocycles. The molecule has 66 valence electrons. The number of rotatable bonds is 1. The third kappa shape index (κ3) is 1.30. The molecule has 2 heterocycles. The molecule has 0 bridgehead atoms. The Bertz CT molecular complexity index is 440. The molecular formula is C7H8BN3O2. The van der Waals surface area contributed by atoms with Gasteiger partial charge < -0.3 is 10.0 Å². The van der Waals surface area contributed by atoms with E-state index in [2.05, 4.69) is 10.1 Å². The first-order valence-corrected chi connectivity index (χ1v) is 3.82. The van der Waals surface area contributed by atoms with Crippen LogP contribution in [0.15, 0.2) is 18.5 Å². The van der Waals surface area contributed by atoms with Gasteiger partial charge in [0, 0.05) is 18.7 Å². The summed E-state index contributed by atoms with van der Waals surface area (Å²) >= 11 is 0. The molecular weight excluding hydrogens is 169 g/mol. The maximum atomic E-state index is 8.90. The molecule has 0 radical (unpaired) electrons. The van der Waals surface area contributed by atoms with Crippen molar-refractivity contribution in [2.24, 2.45) is 7.05 Å². The van der Waals surface area contributed by atoms with E-state index in [-0.39, 0.29) is 0 Å². The first kappa shape index (κ1) is 8.21. The van der Waals surface area contributed by atoms with E-state index < -0.39 is 7.12 Å². The average Bonchev–Trinajstić information content (AvgIpc) is 2.47. The van der Waals surface area contributed by atoms with Gasteiger partial charge in [0.05, 0.1) is 11.7 Å². The number of aryl methyl sites for hydroxylation is 1. The summed E-state index contributed by atoms with van der Waals surface area (Å²) in [6, 6.07) is 1.65. The van der Waals surface area contributed by atoms with Crippen molar-refractivity contribution in [3.05, 3.63) is 18.5 Å². The fourth-order valence-corrected chi connectivity index (χ4v) is 1.18. The molecule has 2 aromatic heterocycles. The van der Waals surface area contributed by atoms with E-state index in [4.69, 9.17) is 10.0 Å².